The summed E-state index contributed by atoms with van der Waals surface area (Å²) in [7, 11) is 0. The minimum Gasteiger partial charge on any atom is -0.467 e. The topological polar surface area (TPSA) is 112 Å². The smallest absolute Gasteiger partial charge is 0.325 e. The number of hydrogen-bond donors (Lipinski definition) is 3. The normalized spacial score (nSPS) is 17.7. The van der Waals surface area contributed by atoms with Crippen LogP contribution in [0.4, 0.5) is 4.79 Å². The summed E-state index contributed by atoms with van der Waals surface area (Å²) >= 11 is 0. The van der Waals surface area contributed by atoms with Crippen LogP contribution in [0.3, 0.4) is 0 Å². The molecule has 0 aliphatic carbocycles. The van der Waals surface area contributed by atoms with Crippen LogP contribution in [0.5, 0.6) is 0 Å². The van der Waals surface area contributed by atoms with Crippen LogP contribution < -0.4 is 10.6 Å². The maximum absolute atomic E-state index is 12.4. The first kappa shape index (κ1) is 18.7. The molecule has 1 aliphatic rings. The molecule has 3 rings (SSSR count). The highest BCUT2D eigenvalue weighted by Gasteiger charge is 2.38. The lowest BCUT2D eigenvalue weighted by Gasteiger charge is -2.17. The Morgan fingerprint density at radius 1 is 1.22 bits per heavy atom. The second kappa shape index (κ2) is 8.50. The predicted octanol–water partition coefficient (Wildman–Crippen LogP) is 1.33. The fourth-order valence-corrected chi connectivity index (χ4v) is 2.94. The van der Waals surface area contributed by atoms with Crippen molar-refractivity contribution in [1.29, 1.82) is 0 Å². The number of hydrogen-bond acceptors (Lipinski definition) is 5. The van der Waals surface area contributed by atoms with E-state index in [1.807, 2.05) is 30.3 Å². The number of amides is 4. The van der Waals surface area contributed by atoms with Crippen molar-refractivity contribution in [3.63, 3.8) is 0 Å². The van der Waals surface area contributed by atoms with Gasteiger partial charge < -0.3 is 20.2 Å². The first-order valence-electron chi connectivity index (χ1n) is 8.68. The van der Waals surface area contributed by atoms with Gasteiger partial charge in [0.15, 0.2) is 0 Å². The molecule has 2 aromatic rings. The van der Waals surface area contributed by atoms with Gasteiger partial charge in [-0.15, -0.1) is 0 Å². The van der Waals surface area contributed by atoms with Gasteiger partial charge in [-0.25, -0.2) is 4.79 Å². The minimum atomic E-state index is -0.748. The third-order valence-corrected chi connectivity index (χ3v) is 4.38. The number of aliphatic hydroxyl groups excluding tert-OH is 1. The van der Waals surface area contributed by atoms with Crippen molar-refractivity contribution in [3.8, 4) is 0 Å². The number of nitrogens with zero attached hydrogens (tertiary/aromatic N) is 1. The van der Waals surface area contributed by atoms with Gasteiger partial charge in [0.05, 0.1) is 25.5 Å². The number of nitrogens with one attached hydrogen (secondary N) is 2. The van der Waals surface area contributed by atoms with Crippen LogP contribution in [0, 0.1) is 0 Å². The van der Waals surface area contributed by atoms with E-state index in [0.29, 0.717) is 5.76 Å². The third kappa shape index (κ3) is 4.53. The zero-order valence-electron chi connectivity index (χ0n) is 14.6. The number of carbonyl (C=O) groups is 3. The van der Waals surface area contributed by atoms with E-state index in [1.165, 1.54) is 6.26 Å². The molecule has 27 heavy (non-hydrogen) atoms. The van der Waals surface area contributed by atoms with Crippen LogP contribution in [-0.2, 0) is 16.1 Å². The summed E-state index contributed by atoms with van der Waals surface area (Å²) < 4.78 is 5.16. The largest absolute Gasteiger partial charge is 0.467 e. The lowest BCUT2D eigenvalue weighted by Crippen LogP contribution is -2.34. The van der Waals surface area contributed by atoms with Crippen LogP contribution in [0.15, 0.2) is 53.1 Å². The van der Waals surface area contributed by atoms with Crippen molar-refractivity contribution in [1.82, 2.24) is 15.5 Å². The number of imide groups is 1. The van der Waals surface area contributed by atoms with Crippen LogP contribution in [0.1, 0.15) is 30.2 Å². The average molecular weight is 371 g/mol. The van der Waals surface area contributed by atoms with Gasteiger partial charge >= 0.3 is 6.03 Å². The molecule has 8 nitrogen and oxygen atoms in total. The van der Waals surface area contributed by atoms with Crippen LogP contribution in [-0.4, -0.2) is 40.5 Å². The zero-order valence-corrected chi connectivity index (χ0v) is 14.6. The molecule has 0 saturated carbocycles. The molecule has 4 amide bonds. The Morgan fingerprint density at radius 2 is 2.00 bits per heavy atom. The molecule has 2 atom stereocenters. The Balaban J connectivity index is 1.51. The van der Waals surface area contributed by atoms with Gasteiger partial charge in [0.25, 0.3) is 5.91 Å². The molecule has 1 aromatic heterocycles. The number of benzene rings is 1. The zero-order chi connectivity index (χ0) is 19.2. The van der Waals surface area contributed by atoms with Crippen LogP contribution in [0.25, 0.3) is 0 Å². The summed E-state index contributed by atoms with van der Waals surface area (Å²) in [5, 5.41) is 14.8. The predicted molar refractivity (Wildman–Crippen MR) is 95.2 cm³/mol. The minimum absolute atomic E-state index is 0.0502. The molecule has 1 saturated heterocycles. The van der Waals surface area contributed by atoms with E-state index in [1.54, 1.807) is 12.1 Å². The Morgan fingerprint density at radius 3 is 2.67 bits per heavy atom. The number of aliphatic hydroxyl groups is 1. The molecule has 0 radical (unpaired) electrons. The number of carbonyl (C=O) groups excluding carboxylic acids is 3. The van der Waals surface area contributed by atoms with E-state index < -0.39 is 18.1 Å². The second-order valence-corrected chi connectivity index (χ2v) is 6.26. The Bertz CT molecular complexity index is 791. The van der Waals surface area contributed by atoms with E-state index in [0.717, 1.165) is 10.5 Å². The Labute approximate surface area is 156 Å². The summed E-state index contributed by atoms with van der Waals surface area (Å²) in [6, 6.07) is 10.7. The second-order valence-electron chi connectivity index (χ2n) is 6.26. The van der Waals surface area contributed by atoms with Gasteiger partial charge in [-0.3, -0.25) is 14.5 Å². The monoisotopic (exact) mass is 371 g/mol. The maximum Gasteiger partial charge on any atom is 0.325 e. The van der Waals surface area contributed by atoms with E-state index in [9.17, 15) is 19.5 Å². The SMILES string of the molecule is O=C(CC[C@H]1NC(=O)N(Cc2ccco2)C1=O)N[C@H](CO)c1ccccc1. The fraction of sp³-hybridized carbons (Fsp3) is 0.316. The molecule has 8 heteroatoms. The van der Waals surface area contributed by atoms with Crippen LogP contribution >= 0.6 is 0 Å². The summed E-state index contributed by atoms with van der Waals surface area (Å²) in [5.74, 6) is -0.180. The quantitative estimate of drug-likeness (QED) is 0.606. The van der Waals surface area contributed by atoms with Gasteiger partial charge in [0.1, 0.15) is 11.8 Å². The van der Waals surface area contributed by atoms with Gasteiger partial charge in [-0.1, -0.05) is 30.3 Å². The van der Waals surface area contributed by atoms with Crippen molar-refractivity contribution in [2.45, 2.75) is 31.5 Å². The van der Waals surface area contributed by atoms with E-state index in [2.05, 4.69) is 10.6 Å². The molecule has 0 bridgehead atoms. The van der Waals surface area contributed by atoms with Gasteiger partial charge in [0, 0.05) is 6.42 Å². The van der Waals surface area contributed by atoms with Crippen molar-refractivity contribution in [3.05, 3.63) is 60.1 Å². The highest BCUT2D eigenvalue weighted by atomic mass is 16.3. The van der Waals surface area contributed by atoms with Gasteiger partial charge in [-0.05, 0) is 24.1 Å². The fourth-order valence-electron chi connectivity index (χ4n) is 2.94. The van der Waals surface area contributed by atoms with E-state index >= 15 is 0 Å². The lowest BCUT2D eigenvalue weighted by molar-refractivity contribution is -0.128. The summed E-state index contributed by atoms with van der Waals surface area (Å²) in [6.07, 6.45) is 1.70. The highest BCUT2D eigenvalue weighted by Crippen LogP contribution is 2.16. The number of urea groups is 1. The van der Waals surface area contributed by atoms with Gasteiger partial charge in [-0.2, -0.15) is 0 Å². The molecular weight excluding hydrogens is 350 g/mol. The molecule has 1 aromatic carbocycles. The average Bonchev–Trinajstić information content (AvgIpc) is 3.29. The molecule has 3 N–H and O–H groups in total. The molecular formula is C19H21N3O5. The molecule has 2 heterocycles. The molecule has 1 fully saturated rings. The lowest BCUT2D eigenvalue weighted by atomic mass is 10.1. The van der Waals surface area contributed by atoms with Gasteiger partial charge in [0.2, 0.25) is 5.91 Å². The number of rotatable bonds is 8. The van der Waals surface area contributed by atoms with Crippen molar-refractivity contribution in [2.24, 2.45) is 0 Å². The Kier molecular flexibility index (Phi) is 5.87. The summed E-state index contributed by atoms with van der Waals surface area (Å²) in [4.78, 5) is 37.6. The van der Waals surface area contributed by atoms with E-state index in [4.69, 9.17) is 4.42 Å². The summed E-state index contributed by atoms with van der Waals surface area (Å²) in [5.41, 5.74) is 0.795. The molecule has 0 unspecified atom stereocenters. The van der Waals surface area contributed by atoms with Crippen molar-refractivity contribution in [2.75, 3.05) is 6.61 Å². The third-order valence-electron chi connectivity index (χ3n) is 4.38. The first-order chi connectivity index (χ1) is 13.1. The summed E-state index contributed by atoms with van der Waals surface area (Å²) in [6.45, 7) is -0.174. The molecule has 1 aliphatic heterocycles. The number of furan rings is 1. The molecule has 0 spiro atoms. The first-order valence-corrected chi connectivity index (χ1v) is 8.68. The van der Waals surface area contributed by atoms with Crippen molar-refractivity contribution < 1.29 is 23.9 Å². The maximum atomic E-state index is 12.4. The van der Waals surface area contributed by atoms with Crippen molar-refractivity contribution >= 4 is 17.8 Å². The Hall–Kier alpha value is -3.13. The van der Waals surface area contributed by atoms with E-state index in [-0.39, 0.29) is 37.8 Å². The standard InChI is InChI=1S/C19H21N3O5/c23-12-16(13-5-2-1-3-6-13)20-17(24)9-8-15-18(25)22(19(26)21-15)11-14-7-4-10-27-14/h1-7,10,15-16,23H,8-9,11-12H2,(H,20,24)(H,21,26)/t15-,16-/m1/s1. The molecule has 142 valence electrons. The van der Waals surface area contributed by atoms with Crippen LogP contribution in [0.2, 0.25) is 0 Å². The highest BCUT2D eigenvalue weighted by molar-refractivity contribution is 6.04.